The van der Waals surface area contributed by atoms with E-state index in [1.54, 1.807) is 13.2 Å². The Morgan fingerprint density at radius 1 is 1.30 bits per heavy atom. The van der Waals surface area contributed by atoms with Crippen LogP contribution in [-0.4, -0.2) is 53.1 Å². The lowest BCUT2D eigenvalue weighted by Crippen LogP contribution is -2.38. The Labute approximate surface area is 135 Å². The van der Waals surface area contributed by atoms with Gasteiger partial charge in [0.15, 0.2) is 21.3 Å². The van der Waals surface area contributed by atoms with E-state index >= 15 is 0 Å². The van der Waals surface area contributed by atoms with Gasteiger partial charge in [-0.1, -0.05) is 0 Å². The molecule has 0 aromatic heterocycles. The molecular weight excluding hydrogens is 322 g/mol. The fraction of sp³-hybridized carbons (Fsp3) is 0.533. The van der Waals surface area contributed by atoms with E-state index in [9.17, 15) is 13.2 Å². The third-order valence-electron chi connectivity index (χ3n) is 3.50. The lowest BCUT2D eigenvalue weighted by atomic mass is 10.3. The standard InChI is InChI=1S/C15H21NO6S/c1-11(15(17)16-6-3-7-20-2)23(18,19)12-4-5-13-14(10-12)22-9-8-21-13/h4-5,10-11H,3,6-9H2,1-2H3,(H,16,17)/t11-/m0/s1. The number of benzene rings is 1. The van der Waals surface area contributed by atoms with Crippen molar-refractivity contribution in [3.05, 3.63) is 18.2 Å². The summed E-state index contributed by atoms with van der Waals surface area (Å²) in [6.07, 6.45) is 0.624. The number of nitrogens with one attached hydrogen (secondary N) is 1. The number of hydrogen-bond donors (Lipinski definition) is 1. The minimum absolute atomic E-state index is 0.0429. The number of ether oxygens (including phenoxy) is 3. The lowest BCUT2D eigenvalue weighted by Gasteiger charge is -2.19. The van der Waals surface area contributed by atoms with Crippen molar-refractivity contribution in [1.29, 1.82) is 0 Å². The maximum absolute atomic E-state index is 12.6. The molecule has 0 spiro atoms. The highest BCUT2D eigenvalue weighted by molar-refractivity contribution is 7.92. The smallest absolute Gasteiger partial charge is 0.238 e. The summed E-state index contributed by atoms with van der Waals surface area (Å²) in [5.74, 6) is 0.355. The molecule has 1 amide bonds. The molecule has 1 aliphatic rings. The zero-order valence-corrected chi connectivity index (χ0v) is 14.0. The molecule has 0 aliphatic carbocycles. The van der Waals surface area contributed by atoms with Crippen molar-refractivity contribution in [3.8, 4) is 11.5 Å². The van der Waals surface area contributed by atoms with E-state index in [1.165, 1.54) is 19.1 Å². The maximum atomic E-state index is 12.6. The lowest BCUT2D eigenvalue weighted by molar-refractivity contribution is -0.120. The molecule has 1 N–H and O–H groups in total. The molecule has 0 saturated heterocycles. The van der Waals surface area contributed by atoms with Crippen LogP contribution in [0.3, 0.4) is 0 Å². The molecule has 1 aromatic rings. The molecule has 1 aromatic carbocycles. The van der Waals surface area contributed by atoms with Crippen molar-refractivity contribution in [3.63, 3.8) is 0 Å². The van der Waals surface area contributed by atoms with Crippen LogP contribution in [0.1, 0.15) is 13.3 Å². The summed E-state index contributed by atoms with van der Waals surface area (Å²) in [7, 11) is -2.23. The van der Waals surface area contributed by atoms with Crippen LogP contribution < -0.4 is 14.8 Å². The number of methoxy groups -OCH3 is 1. The van der Waals surface area contributed by atoms with Crippen LogP contribution in [0, 0.1) is 0 Å². The number of rotatable bonds is 7. The van der Waals surface area contributed by atoms with Gasteiger partial charge in [0, 0.05) is 26.3 Å². The van der Waals surface area contributed by atoms with Gasteiger partial charge in [-0.2, -0.15) is 0 Å². The molecule has 2 rings (SSSR count). The van der Waals surface area contributed by atoms with E-state index in [2.05, 4.69) is 5.32 Å². The van der Waals surface area contributed by atoms with Crippen LogP contribution in [0.25, 0.3) is 0 Å². The Kier molecular flexibility index (Phi) is 5.84. The van der Waals surface area contributed by atoms with Gasteiger partial charge < -0.3 is 19.5 Å². The largest absolute Gasteiger partial charge is 0.486 e. The zero-order chi connectivity index (χ0) is 16.9. The zero-order valence-electron chi connectivity index (χ0n) is 13.2. The summed E-state index contributed by atoms with van der Waals surface area (Å²) in [5.41, 5.74) is 0. The molecular formula is C15H21NO6S. The van der Waals surface area contributed by atoms with Crippen molar-refractivity contribution in [2.75, 3.05) is 33.5 Å². The molecule has 0 bridgehead atoms. The normalized spacial score (nSPS) is 15.0. The van der Waals surface area contributed by atoms with Crippen LogP contribution >= 0.6 is 0 Å². The summed E-state index contributed by atoms with van der Waals surface area (Å²) in [6, 6.07) is 4.38. The first kappa shape index (κ1) is 17.6. The number of carbonyl (C=O) groups excluding carboxylic acids is 1. The summed E-state index contributed by atoms with van der Waals surface area (Å²) >= 11 is 0. The monoisotopic (exact) mass is 343 g/mol. The van der Waals surface area contributed by atoms with Gasteiger partial charge in [-0.15, -0.1) is 0 Å². The van der Waals surface area contributed by atoms with Crippen LogP contribution in [0.15, 0.2) is 23.1 Å². The van der Waals surface area contributed by atoms with Crippen molar-refractivity contribution in [1.82, 2.24) is 5.32 Å². The first-order valence-electron chi connectivity index (χ1n) is 7.37. The quantitative estimate of drug-likeness (QED) is 0.736. The Bertz CT molecular complexity index is 658. The van der Waals surface area contributed by atoms with Crippen LogP contribution in [0.2, 0.25) is 0 Å². The summed E-state index contributed by atoms with van der Waals surface area (Å²) in [5, 5.41) is 1.41. The fourth-order valence-corrected chi connectivity index (χ4v) is 3.42. The Morgan fingerprint density at radius 2 is 2.00 bits per heavy atom. The van der Waals surface area contributed by atoms with E-state index in [-0.39, 0.29) is 4.90 Å². The highest BCUT2D eigenvalue weighted by Crippen LogP contribution is 2.33. The molecule has 8 heteroatoms. The highest BCUT2D eigenvalue weighted by atomic mass is 32.2. The van der Waals surface area contributed by atoms with Crippen LogP contribution in [0.4, 0.5) is 0 Å². The van der Waals surface area contributed by atoms with Crippen LogP contribution in [-0.2, 0) is 19.4 Å². The van der Waals surface area contributed by atoms with E-state index < -0.39 is 21.0 Å². The molecule has 1 aliphatic heterocycles. The fourth-order valence-electron chi connectivity index (χ4n) is 2.12. The van der Waals surface area contributed by atoms with E-state index in [0.29, 0.717) is 44.3 Å². The van der Waals surface area contributed by atoms with Gasteiger partial charge in [-0.25, -0.2) is 8.42 Å². The van der Waals surface area contributed by atoms with E-state index in [1.807, 2.05) is 0 Å². The molecule has 0 radical (unpaired) electrons. The summed E-state index contributed by atoms with van der Waals surface area (Å²) in [4.78, 5) is 12.1. The van der Waals surface area contributed by atoms with Crippen LogP contribution in [0.5, 0.6) is 11.5 Å². The van der Waals surface area contributed by atoms with Crippen molar-refractivity contribution in [2.24, 2.45) is 0 Å². The molecule has 1 heterocycles. The predicted octanol–water partition coefficient (Wildman–Crippen LogP) is 0.773. The first-order valence-corrected chi connectivity index (χ1v) is 8.91. The summed E-state index contributed by atoms with van der Waals surface area (Å²) < 4.78 is 40.8. The van der Waals surface area contributed by atoms with E-state index in [0.717, 1.165) is 0 Å². The second kappa shape index (κ2) is 7.65. The van der Waals surface area contributed by atoms with Gasteiger partial charge in [0.05, 0.1) is 4.90 Å². The van der Waals surface area contributed by atoms with Gasteiger partial charge in [-0.3, -0.25) is 4.79 Å². The number of amides is 1. The third kappa shape index (κ3) is 4.14. The molecule has 23 heavy (non-hydrogen) atoms. The number of sulfone groups is 1. The van der Waals surface area contributed by atoms with Gasteiger partial charge in [0.1, 0.15) is 18.5 Å². The SMILES string of the molecule is COCCCNC(=O)[C@H](C)S(=O)(=O)c1ccc2c(c1)OCCO2. The average molecular weight is 343 g/mol. The molecule has 0 unspecified atom stereocenters. The first-order chi connectivity index (χ1) is 11.0. The molecule has 0 saturated carbocycles. The minimum atomic E-state index is -3.79. The van der Waals surface area contributed by atoms with E-state index in [4.69, 9.17) is 14.2 Å². The predicted molar refractivity (Wildman–Crippen MR) is 83.6 cm³/mol. The highest BCUT2D eigenvalue weighted by Gasteiger charge is 2.30. The second-order valence-corrected chi connectivity index (χ2v) is 7.40. The number of fused-ring (bicyclic) bond motifs is 1. The van der Waals surface area contributed by atoms with Gasteiger partial charge >= 0.3 is 0 Å². The Balaban J connectivity index is 2.09. The Morgan fingerprint density at radius 3 is 2.70 bits per heavy atom. The van der Waals surface area contributed by atoms with Gasteiger partial charge in [-0.05, 0) is 25.5 Å². The number of hydrogen-bond acceptors (Lipinski definition) is 6. The topological polar surface area (TPSA) is 90.9 Å². The molecule has 7 nitrogen and oxygen atoms in total. The third-order valence-corrected chi connectivity index (χ3v) is 5.56. The Hall–Kier alpha value is -1.80. The average Bonchev–Trinajstić information content (AvgIpc) is 2.57. The minimum Gasteiger partial charge on any atom is -0.486 e. The molecule has 0 fully saturated rings. The van der Waals surface area contributed by atoms with Gasteiger partial charge in [0.2, 0.25) is 5.91 Å². The van der Waals surface area contributed by atoms with Crippen molar-refractivity contribution in [2.45, 2.75) is 23.5 Å². The molecule has 128 valence electrons. The number of carbonyl (C=O) groups is 1. The second-order valence-electron chi connectivity index (χ2n) is 5.13. The molecule has 1 atom stereocenters. The maximum Gasteiger partial charge on any atom is 0.238 e. The summed E-state index contributed by atoms with van der Waals surface area (Å²) in [6.45, 7) is 3.04. The van der Waals surface area contributed by atoms with Crippen molar-refractivity contribution >= 4 is 15.7 Å². The van der Waals surface area contributed by atoms with Gasteiger partial charge in [0.25, 0.3) is 0 Å². The van der Waals surface area contributed by atoms with Crippen molar-refractivity contribution < 1.29 is 27.4 Å².